The summed E-state index contributed by atoms with van der Waals surface area (Å²) in [4.78, 5) is 0. The van der Waals surface area contributed by atoms with Gasteiger partial charge in [-0.2, -0.15) is 0 Å². The van der Waals surface area contributed by atoms with E-state index in [-0.39, 0.29) is 0 Å². The molecule has 52 valence electrons. The lowest BCUT2D eigenvalue weighted by atomic mass is 9.89. The third kappa shape index (κ3) is 0.787. The van der Waals surface area contributed by atoms with Crippen LogP contribution in [-0.2, 0) is 0 Å². The third-order valence-electron chi connectivity index (χ3n) is 3.19. The highest BCUT2D eigenvalue weighted by Crippen LogP contribution is 2.47. The van der Waals surface area contributed by atoms with Crippen molar-refractivity contribution in [2.45, 2.75) is 25.7 Å². The van der Waals surface area contributed by atoms with E-state index in [1.165, 1.54) is 25.7 Å². The van der Waals surface area contributed by atoms with Gasteiger partial charge in [-0.3, -0.25) is 0 Å². The topological polar surface area (TPSA) is 26.0 Å². The van der Waals surface area contributed by atoms with Gasteiger partial charge < -0.3 is 5.73 Å². The fourth-order valence-corrected chi connectivity index (χ4v) is 2.67. The minimum atomic E-state index is 0.906. The van der Waals surface area contributed by atoms with Crippen LogP contribution in [0.15, 0.2) is 0 Å². The molecule has 0 aliphatic heterocycles. The second-order valence-electron chi connectivity index (χ2n) is 3.67. The molecule has 2 saturated carbocycles. The number of fused-ring (bicyclic) bond motifs is 2. The largest absolute Gasteiger partial charge is 0.330 e. The molecular formula is C8H15N. The van der Waals surface area contributed by atoms with Crippen LogP contribution in [0.5, 0.6) is 0 Å². The molecule has 0 saturated heterocycles. The van der Waals surface area contributed by atoms with Gasteiger partial charge >= 0.3 is 0 Å². The van der Waals surface area contributed by atoms with E-state index in [4.69, 9.17) is 5.73 Å². The van der Waals surface area contributed by atoms with Crippen molar-refractivity contribution in [1.29, 1.82) is 0 Å². The first-order chi connectivity index (χ1) is 4.40. The molecule has 0 aromatic rings. The molecule has 0 spiro atoms. The Morgan fingerprint density at radius 3 is 2.44 bits per heavy atom. The monoisotopic (exact) mass is 125 g/mol. The summed E-state index contributed by atoms with van der Waals surface area (Å²) in [7, 11) is 0. The van der Waals surface area contributed by atoms with Gasteiger partial charge in [0.15, 0.2) is 0 Å². The Bertz CT molecular complexity index is 111. The van der Waals surface area contributed by atoms with Gasteiger partial charge in [-0.15, -0.1) is 0 Å². The summed E-state index contributed by atoms with van der Waals surface area (Å²) in [5.74, 6) is 3.01. The van der Waals surface area contributed by atoms with Gasteiger partial charge in [0.25, 0.3) is 0 Å². The van der Waals surface area contributed by atoms with Crippen LogP contribution in [-0.4, -0.2) is 6.54 Å². The lowest BCUT2D eigenvalue weighted by Gasteiger charge is -2.18. The highest BCUT2D eigenvalue weighted by Gasteiger charge is 2.38. The first-order valence-electron chi connectivity index (χ1n) is 4.10. The number of hydrogen-bond acceptors (Lipinski definition) is 1. The van der Waals surface area contributed by atoms with Gasteiger partial charge in [-0.1, -0.05) is 6.42 Å². The molecular weight excluding hydrogens is 110 g/mol. The molecule has 0 amide bonds. The molecule has 0 heterocycles. The Balaban J connectivity index is 2.01. The standard InChI is InChI=1S/C8H15N/c9-5-8-4-6-1-2-7(8)3-6/h6-8H,1-5,9H2/t6-,7-,8-/m0/s1. The minimum absolute atomic E-state index is 0.906. The van der Waals surface area contributed by atoms with Crippen LogP contribution in [0.4, 0.5) is 0 Å². The summed E-state index contributed by atoms with van der Waals surface area (Å²) in [5, 5.41) is 0. The predicted molar refractivity (Wildman–Crippen MR) is 38.0 cm³/mol. The van der Waals surface area contributed by atoms with Crippen molar-refractivity contribution in [2.24, 2.45) is 23.5 Å². The highest BCUT2D eigenvalue weighted by molar-refractivity contribution is 4.89. The smallest absolute Gasteiger partial charge is 0.00461 e. The fraction of sp³-hybridized carbons (Fsp3) is 1.00. The van der Waals surface area contributed by atoms with E-state index < -0.39 is 0 Å². The molecule has 9 heavy (non-hydrogen) atoms. The third-order valence-corrected chi connectivity index (χ3v) is 3.19. The molecule has 1 nitrogen and oxygen atoms in total. The summed E-state index contributed by atoms with van der Waals surface area (Å²) >= 11 is 0. The van der Waals surface area contributed by atoms with Crippen LogP contribution in [0, 0.1) is 17.8 Å². The summed E-state index contributed by atoms with van der Waals surface area (Å²) < 4.78 is 0. The predicted octanol–water partition coefficient (Wildman–Crippen LogP) is 1.38. The van der Waals surface area contributed by atoms with Crippen LogP contribution < -0.4 is 5.73 Å². The molecule has 2 aliphatic carbocycles. The zero-order valence-electron chi connectivity index (χ0n) is 5.84. The number of hydrogen-bond donors (Lipinski definition) is 1. The van der Waals surface area contributed by atoms with Crippen LogP contribution in [0.2, 0.25) is 0 Å². The van der Waals surface area contributed by atoms with Gasteiger partial charge in [0.05, 0.1) is 0 Å². The average Bonchev–Trinajstić information content (AvgIpc) is 2.45. The van der Waals surface area contributed by atoms with Gasteiger partial charge in [0, 0.05) is 0 Å². The molecule has 0 radical (unpaired) electrons. The van der Waals surface area contributed by atoms with Crippen LogP contribution in [0.1, 0.15) is 25.7 Å². The van der Waals surface area contributed by atoms with Crippen molar-refractivity contribution in [3.63, 3.8) is 0 Å². The zero-order chi connectivity index (χ0) is 6.27. The highest BCUT2D eigenvalue weighted by atomic mass is 14.6. The quantitative estimate of drug-likeness (QED) is 0.563. The van der Waals surface area contributed by atoms with Crippen molar-refractivity contribution in [3.05, 3.63) is 0 Å². The summed E-state index contributed by atoms with van der Waals surface area (Å²) in [5.41, 5.74) is 5.62. The molecule has 2 aliphatic rings. The normalized spacial score (nSPS) is 48.3. The summed E-state index contributed by atoms with van der Waals surface area (Å²) in [6.07, 6.45) is 5.93. The van der Waals surface area contributed by atoms with E-state index in [0.29, 0.717) is 0 Å². The van der Waals surface area contributed by atoms with Crippen molar-refractivity contribution < 1.29 is 0 Å². The minimum Gasteiger partial charge on any atom is -0.330 e. The van der Waals surface area contributed by atoms with Gasteiger partial charge in [0.1, 0.15) is 0 Å². The lowest BCUT2D eigenvalue weighted by Crippen LogP contribution is -2.19. The molecule has 2 N–H and O–H groups in total. The van der Waals surface area contributed by atoms with Crippen LogP contribution >= 0.6 is 0 Å². The van der Waals surface area contributed by atoms with E-state index in [9.17, 15) is 0 Å². The van der Waals surface area contributed by atoms with Crippen molar-refractivity contribution in [1.82, 2.24) is 0 Å². The van der Waals surface area contributed by atoms with E-state index in [2.05, 4.69) is 0 Å². The maximum atomic E-state index is 5.62. The van der Waals surface area contributed by atoms with E-state index >= 15 is 0 Å². The molecule has 3 atom stereocenters. The first-order valence-corrected chi connectivity index (χ1v) is 4.10. The second kappa shape index (κ2) is 1.98. The van der Waals surface area contributed by atoms with Crippen molar-refractivity contribution >= 4 is 0 Å². The summed E-state index contributed by atoms with van der Waals surface area (Å²) in [6, 6.07) is 0. The van der Waals surface area contributed by atoms with Gasteiger partial charge in [-0.05, 0) is 43.6 Å². The van der Waals surface area contributed by atoms with E-state index in [1.807, 2.05) is 0 Å². The zero-order valence-corrected chi connectivity index (χ0v) is 5.84. The Labute approximate surface area is 56.6 Å². The number of rotatable bonds is 1. The molecule has 2 bridgehead atoms. The second-order valence-corrected chi connectivity index (χ2v) is 3.67. The molecule has 0 aromatic heterocycles. The Hall–Kier alpha value is -0.0400. The molecule has 1 heteroatoms. The maximum Gasteiger partial charge on any atom is -0.00461 e. The van der Waals surface area contributed by atoms with E-state index in [1.54, 1.807) is 0 Å². The average molecular weight is 125 g/mol. The Morgan fingerprint density at radius 2 is 2.11 bits per heavy atom. The first kappa shape index (κ1) is 5.72. The van der Waals surface area contributed by atoms with Gasteiger partial charge in [-0.25, -0.2) is 0 Å². The molecule has 0 aromatic carbocycles. The fourth-order valence-electron chi connectivity index (χ4n) is 2.67. The van der Waals surface area contributed by atoms with E-state index in [0.717, 1.165) is 24.3 Å². The summed E-state index contributed by atoms with van der Waals surface area (Å²) in [6.45, 7) is 0.946. The van der Waals surface area contributed by atoms with Crippen LogP contribution in [0.25, 0.3) is 0 Å². The Morgan fingerprint density at radius 1 is 1.22 bits per heavy atom. The van der Waals surface area contributed by atoms with Gasteiger partial charge in [0.2, 0.25) is 0 Å². The van der Waals surface area contributed by atoms with Crippen molar-refractivity contribution in [3.8, 4) is 0 Å². The molecule has 2 fully saturated rings. The Kier molecular flexibility index (Phi) is 1.26. The molecule has 0 unspecified atom stereocenters. The van der Waals surface area contributed by atoms with Crippen LogP contribution in [0.3, 0.4) is 0 Å². The SMILES string of the molecule is NC[C@@H]1C[C@H]2CC[C@H]1C2. The van der Waals surface area contributed by atoms with Crippen molar-refractivity contribution in [2.75, 3.05) is 6.54 Å². The molecule has 2 rings (SSSR count). The number of nitrogens with two attached hydrogens (primary N) is 1. The lowest BCUT2D eigenvalue weighted by molar-refractivity contribution is 0.341. The maximum absolute atomic E-state index is 5.62.